The predicted octanol–water partition coefficient (Wildman–Crippen LogP) is 2.39. The van der Waals surface area contributed by atoms with Crippen molar-refractivity contribution in [3.8, 4) is 0 Å². The number of nitrogens with one attached hydrogen (secondary N) is 1. The van der Waals surface area contributed by atoms with Crippen LogP contribution >= 0.6 is 0 Å². The molecule has 0 bridgehead atoms. The molecule has 3 rings (SSSR count). The van der Waals surface area contributed by atoms with Crippen molar-refractivity contribution in [2.75, 3.05) is 6.54 Å². The number of hydrogen-bond acceptors (Lipinski definition) is 3. The molecule has 6 nitrogen and oxygen atoms in total. The Bertz CT molecular complexity index is 827. The smallest absolute Gasteiger partial charge is 0.303 e. The number of benzene rings is 1. The minimum atomic E-state index is -0.855. The summed E-state index contributed by atoms with van der Waals surface area (Å²) in [4.78, 5) is 40.3. The summed E-state index contributed by atoms with van der Waals surface area (Å²) in [6.07, 6.45) is 3.17. The van der Waals surface area contributed by atoms with E-state index in [1.165, 1.54) is 0 Å². The molecule has 2 aromatic rings. The number of amides is 1. The fourth-order valence-corrected chi connectivity index (χ4v) is 3.34. The summed E-state index contributed by atoms with van der Waals surface area (Å²) in [7, 11) is 0. The molecule has 1 fully saturated rings. The topological polar surface area (TPSA) is 90.5 Å². The summed E-state index contributed by atoms with van der Waals surface area (Å²) in [5.74, 6) is -1.08. The number of hydrogen-bond donors (Lipinski definition) is 2. The minimum Gasteiger partial charge on any atom is -0.481 e. The molecule has 1 aromatic carbocycles. The number of fused-ring (bicyclic) bond motifs is 1. The fraction of sp³-hybridized carbons (Fsp3) is 0.389. The third-order valence-corrected chi connectivity index (χ3v) is 4.56. The van der Waals surface area contributed by atoms with Gasteiger partial charge in [0.25, 0.3) is 11.5 Å². The Balaban J connectivity index is 1.89. The number of pyridine rings is 1. The Kier molecular flexibility index (Phi) is 4.64. The number of carboxylic acid groups (broad SMARTS) is 1. The summed E-state index contributed by atoms with van der Waals surface area (Å²) in [6, 6.07) is 8.75. The van der Waals surface area contributed by atoms with E-state index in [-0.39, 0.29) is 29.6 Å². The first-order valence-corrected chi connectivity index (χ1v) is 8.21. The first-order valence-electron chi connectivity index (χ1n) is 8.21. The molecular weight excluding hydrogens is 308 g/mol. The lowest BCUT2D eigenvalue weighted by molar-refractivity contribution is -0.137. The van der Waals surface area contributed by atoms with Crippen LogP contribution in [0.4, 0.5) is 0 Å². The van der Waals surface area contributed by atoms with E-state index >= 15 is 0 Å². The van der Waals surface area contributed by atoms with Crippen LogP contribution in [0.3, 0.4) is 0 Å². The highest BCUT2D eigenvalue weighted by atomic mass is 16.4. The zero-order valence-electron chi connectivity index (χ0n) is 13.3. The van der Waals surface area contributed by atoms with Gasteiger partial charge in [-0.1, -0.05) is 18.2 Å². The van der Waals surface area contributed by atoms with Crippen LogP contribution in [0, 0.1) is 0 Å². The SMILES string of the molecule is O=C(O)CCC1CCCCN1C(=O)c1cc2ccccc2c(=O)[nH]1. The molecule has 24 heavy (non-hydrogen) atoms. The molecule has 1 saturated heterocycles. The monoisotopic (exact) mass is 328 g/mol. The van der Waals surface area contributed by atoms with Crippen molar-refractivity contribution < 1.29 is 14.7 Å². The van der Waals surface area contributed by atoms with Gasteiger partial charge in [-0.25, -0.2) is 0 Å². The molecule has 6 heteroatoms. The number of piperidine rings is 1. The van der Waals surface area contributed by atoms with Crippen molar-refractivity contribution >= 4 is 22.6 Å². The molecule has 1 aliphatic rings. The van der Waals surface area contributed by atoms with E-state index in [2.05, 4.69) is 4.98 Å². The summed E-state index contributed by atoms with van der Waals surface area (Å²) in [5.41, 5.74) is -0.0172. The standard InChI is InChI=1S/C18H20N2O4/c21-16(22)9-8-13-6-3-4-10-20(13)18(24)15-11-12-5-1-2-7-14(12)17(23)19-15/h1-2,5,7,11,13H,3-4,6,8-10H2,(H,19,23)(H,21,22). The number of aromatic amines is 1. The van der Waals surface area contributed by atoms with Crippen LogP contribution in [-0.4, -0.2) is 39.5 Å². The molecule has 1 aliphatic heterocycles. The Hall–Kier alpha value is -2.63. The molecule has 1 aromatic heterocycles. The lowest BCUT2D eigenvalue weighted by Gasteiger charge is -2.35. The van der Waals surface area contributed by atoms with Gasteiger partial charge in [-0.05, 0) is 43.2 Å². The molecular formula is C18H20N2O4. The number of nitrogens with zero attached hydrogens (tertiary/aromatic N) is 1. The molecule has 1 unspecified atom stereocenters. The second kappa shape index (κ2) is 6.86. The summed E-state index contributed by atoms with van der Waals surface area (Å²) >= 11 is 0. The van der Waals surface area contributed by atoms with Gasteiger partial charge >= 0.3 is 5.97 Å². The zero-order valence-corrected chi connectivity index (χ0v) is 13.3. The Morgan fingerprint density at radius 2 is 2.04 bits per heavy atom. The van der Waals surface area contributed by atoms with E-state index in [0.717, 1.165) is 24.6 Å². The van der Waals surface area contributed by atoms with Gasteiger partial charge in [-0.15, -0.1) is 0 Å². The number of carbonyl (C=O) groups is 2. The maximum absolute atomic E-state index is 12.9. The molecule has 2 N–H and O–H groups in total. The molecule has 0 aliphatic carbocycles. The number of aromatic nitrogens is 1. The number of H-pyrrole nitrogens is 1. The van der Waals surface area contributed by atoms with E-state index in [9.17, 15) is 14.4 Å². The van der Waals surface area contributed by atoms with Crippen LogP contribution in [0.5, 0.6) is 0 Å². The van der Waals surface area contributed by atoms with Gasteiger partial charge < -0.3 is 15.0 Å². The van der Waals surface area contributed by atoms with E-state index in [1.807, 2.05) is 6.07 Å². The Morgan fingerprint density at radius 3 is 2.83 bits per heavy atom. The molecule has 1 atom stereocenters. The van der Waals surface area contributed by atoms with E-state index in [0.29, 0.717) is 18.4 Å². The number of carboxylic acids is 1. The van der Waals surface area contributed by atoms with Crippen molar-refractivity contribution in [3.63, 3.8) is 0 Å². The van der Waals surface area contributed by atoms with Crippen LogP contribution in [-0.2, 0) is 4.79 Å². The quantitative estimate of drug-likeness (QED) is 0.901. The van der Waals surface area contributed by atoms with E-state index < -0.39 is 5.97 Å². The van der Waals surface area contributed by atoms with E-state index in [1.54, 1.807) is 29.2 Å². The second-order valence-corrected chi connectivity index (χ2v) is 6.18. The van der Waals surface area contributed by atoms with Gasteiger partial charge in [0.05, 0.1) is 0 Å². The predicted molar refractivity (Wildman–Crippen MR) is 90.1 cm³/mol. The third kappa shape index (κ3) is 3.32. The van der Waals surface area contributed by atoms with Crippen molar-refractivity contribution in [1.82, 2.24) is 9.88 Å². The summed E-state index contributed by atoms with van der Waals surface area (Å²) in [5, 5.41) is 10.2. The molecule has 1 amide bonds. The van der Waals surface area contributed by atoms with Gasteiger partial charge in [0.2, 0.25) is 0 Å². The van der Waals surface area contributed by atoms with Crippen molar-refractivity contribution in [2.45, 2.75) is 38.1 Å². The van der Waals surface area contributed by atoms with Crippen LogP contribution in [0.2, 0.25) is 0 Å². The average molecular weight is 328 g/mol. The van der Waals surface area contributed by atoms with Crippen molar-refractivity contribution in [2.24, 2.45) is 0 Å². The van der Waals surface area contributed by atoms with Gasteiger partial charge in [-0.2, -0.15) is 0 Å². The van der Waals surface area contributed by atoms with Crippen LogP contribution in [0.15, 0.2) is 35.1 Å². The molecule has 0 radical (unpaired) electrons. The van der Waals surface area contributed by atoms with Crippen molar-refractivity contribution in [1.29, 1.82) is 0 Å². The van der Waals surface area contributed by atoms with Crippen LogP contribution < -0.4 is 5.56 Å². The number of carbonyl (C=O) groups excluding carboxylic acids is 1. The van der Waals surface area contributed by atoms with Crippen molar-refractivity contribution in [3.05, 3.63) is 46.4 Å². The largest absolute Gasteiger partial charge is 0.481 e. The fourth-order valence-electron chi connectivity index (χ4n) is 3.34. The Labute approximate surface area is 139 Å². The molecule has 126 valence electrons. The number of likely N-dealkylation sites (tertiary alicyclic amines) is 1. The van der Waals surface area contributed by atoms with E-state index in [4.69, 9.17) is 5.11 Å². The van der Waals surface area contributed by atoms with Gasteiger partial charge in [0.1, 0.15) is 5.69 Å². The summed E-state index contributed by atoms with van der Waals surface area (Å²) in [6.45, 7) is 0.595. The van der Waals surface area contributed by atoms with Gasteiger partial charge in [0, 0.05) is 24.4 Å². The van der Waals surface area contributed by atoms with Gasteiger partial charge in [-0.3, -0.25) is 14.4 Å². The highest BCUT2D eigenvalue weighted by molar-refractivity contribution is 5.96. The zero-order chi connectivity index (χ0) is 17.1. The first-order chi connectivity index (χ1) is 11.6. The lowest BCUT2D eigenvalue weighted by Crippen LogP contribution is -2.44. The molecule has 0 spiro atoms. The lowest BCUT2D eigenvalue weighted by atomic mass is 9.97. The third-order valence-electron chi connectivity index (χ3n) is 4.56. The Morgan fingerprint density at radius 1 is 1.25 bits per heavy atom. The normalized spacial score (nSPS) is 17.8. The maximum Gasteiger partial charge on any atom is 0.303 e. The maximum atomic E-state index is 12.9. The minimum absolute atomic E-state index is 0.0443. The van der Waals surface area contributed by atoms with Crippen LogP contribution in [0.1, 0.15) is 42.6 Å². The molecule has 2 heterocycles. The summed E-state index contributed by atoms with van der Waals surface area (Å²) < 4.78 is 0. The number of rotatable bonds is 4. The highest BCUT2D eigenvalue weighted by Crippen LogP contribution is 2.23. The average Bonchev–Trinajstić information content (AvgIpc) is 2.59. The first kappa shape index (κ1) is 16.2. The van der Waals surface area contributed by atoms with Crippen LogP contribution in [0.25, 0.3) is 10.8 Å². The highest BCUT2D eigenvalue weighted by Gasteiger charge is 2.28. The number of aliphatic carboxylic acids is 1. The molecule has 0 saturated carbocycles. The van der Waals surface area contributed by atoms with Gasteiger partial charge in [0.15, 0.2) is 0 Å². The second-order valence-electron chi connectivity index (χ2n) is 6.18.